The number of carbonyl (C=O) groups is 1. The number of para-hydroxylation sites is 1. The average molecular weight is 377 g/mol. The zero-order valence-electron chi connectivity index (χ0n) is 16.7. The Morgan fingerprint density at radius 1 is 1.22 bits per heavy atom. The van der Waals surface area contributed by atoms with Crippen LogP contribution in [0.4, 0.5) is 0 Å². The third kappa shape index (κ3) is 6.43. The Morgan fingerprint density at radius 3 is 2.63 bits per heavy atom. The molecule has 7 heteroatoms. The number of guanidine groups is 1. The van der Waals surface area contributed by atoms with Crippen molar-refractivity contribution in [2.45, 2.75) is 32.2 Å². The fraction of sp³-hybridized carbons (Fsp3) is 0.600. The number of methoxy groups -OCH3 is 2. The number of hydrogen-bond acceptors (Lipinski definition) is 5. The lowest BCUT2D eigenvalue weighted by Crippen LogP contribution is -2.39. The van der Waals surface area contributed by atoms with Gasteiger partial charge in [0, 0.05) is 18.7 Å². The van der Waals surface area contributed by atoms with E-state index < -0.39 is 0 Å². The number of aliphatic imine (C=N–C) groups is 1. The molecule has 1 aliphatic heterocycles. The average Bonchev–Trinajstić information content (AvgIpc) is 3.22. The Balaban J connectivity index is 2.12. The first-order chi connectivity index (χ1) is 13.2. The number of benzene rings is 1. The number of nitrogens with zero attached hydrogens (tertiary/aromatic N) is 2. The van der Waals surface area contributed by atoms with Crippen molar-refractivity contribution in [1.29, 1.82) is 0 Å². The molecule has 1 fully saturated rings. The van der Waals surface area contributed by atoms with Gasteiger partial charge in [-0.25, -0.2) is 0 Å². The highest BCUT2D eigenvalue weighted by Gasteiger charge is 2.25. The second-order valence-corrected chi connectivity index (χ2v) is 6.47. The Labute approximate surface area is 162 Å². The van der Waals surface area contributed by atoms with Crippen molar-refractivity contribution in [3.63, 3.8) is 0 Å². The molecule has 1 aromatic rings. The van der Waals surface area contributed by atoms with Gasteiger partial charge in [0.15, 0.2) is 5.96 Å². The molecule has 1 atom stereocenters. The van der Waals surface area contributed by atoms with E-state index in [0.29, 0.717) is 25.5 Å². The molecule has 0 saturated carbocycles. The fourth-order valence-electron chi connectivity index (χ4n) is 3.31. The Hall–Kier alpha value is -2.28. The highest BCUT2D eigenvalue weighted by Crippen LogP contribution is 2.31. The van der Waals surface area contributed by atoms with E-state index in [1.165, 1.54) is 20.0 Å². The highest BCUT2D eigenvalue weighted by molar-refractivity contribution is 5.80. The zero-order valence-corrected chi connectivity index (χ0v) is 16.7. The van der Waals surface area contributed by atoms with Crippen LogP contribution in [-0.2, 0) is 9.53 Å². The molecular weight excluding hydrogens is 344 g/mol. The minimum absolute atomic E-state index is 0.166. The van der Waals surface area contributed by atoms with E-state index in [9.17, 15) is 4.79 Å². The Kier molecular flexibility index (Phi) is 8.91. The zero-order chi connectivity index (χ0) is 19.5. The molecule has 1 saturated heterocycles. The van der Waals surface area contributed by atoms with Crippen molar-refractivity contribution in [3.05, 3.63) is 29.8 Å². The van der Waals surface area contributed by atoms with Gasteiger partial charge in [0.1, 0.15) is 5.75 Å². The minimum atomic E-state index is -0.234. The topological polar surface area (TPSA) is 75.2 Å². The smallest absolute Gasteiger partial charge is 0.307 e. The van der Waals surface area contributed by atoms with Gasteiger partial charge in [-0.2, -0.15) is 0 Å². The second-order valence-electron chi connectivity index (χ2n) is 6.47. The van der Waals surface area contributed by atoms with Gasteiger partial charge in [-0.15, -0.1) is 0 Å². The van der Waals surface area contributed by atoms with Crippen LogP contribution in [0.2, 0.25) is 0 Å². The van der Waals surface area contributed by atoms with Crippen LogP contribution in [0.5, 0.6) is 5.75 Å². The first kappa shape index (κ1) is 21.0. The SMILES string of the molecule is CCNC(=NCC(c1ccccc1OC)N1CCCC1)NCCC(=O)OC. The van der Waals surface area contributed by atoms with Crippen molar-refractivity contribution >= 4 is 11.9 Å². The second kappa shape index (κ2) is 11.4. The summed E-state index contributed by atoms with van der Waals surface area (Å²) in [5, 5.41) is 6.44. The van der Waals surface area contributed by atoms with Gasteiger partial charge in [0.05, 0.1) is 33.2 Å². The van der Waals surface area contributed by atoms with Gasteiger partial charge < -0.3 is 20.1 Å². The molecule has 0 aliphatic carbocycles. The summed E-state index contributed by atoms with van der Waals surface area (Å²) >= 11 is 0. The van der Waals surface area contributed by atoms with Gasteiger partial charge in [-0.1, -0.05) is 18.2 Å². The van der Waals surface area contributed by atoms with Gasteiger partial charge >= 0.3 is 5.97 Å². The monoisotopic (exact) mass is 376 g/mol. The van der Waals surface area contributed by atoms with E-state index in [1.807, 2.05) is 25.1 Å². The predicted octanol–water partition coefficient (Wildman–Crippen LogP) is 1.95. The molecule has 1 heterocycles. The maximum absolute atomic E-state index is 11.3. The lowest BCUT2D eigenvalue weighted by Gasteiger charge is -2.28. The van der Waals surface area contributed by atoms with E-state index in [2.05, 4.69) is 26.3 Å². The molecule has 0 amide bonds. The summed E-state index contributed by atoms with van der Waals surface area (Å²) in [5.74, 6) is 1.37. The van der Waals surface area contributed by atoms with Gasteiger partial charge in [-0.3, -0.25) is 14.7 Å². The van der Waals surface area contributed by atoms with E-state index in [-0.39, 0.29) is 12.0 Å². The molecule has 0 bridgehead atoms. The van der Waals surface area contributed by atoms with E-state index in [1.54, 1.807) is 7.11 Å². The molecule has 1 aromatic carbocycles. The van der Waals surface area contributed by atoms with Crippen LogP contribution in [0.3, 0.4) is 0 Å². The van der Waals surface area contributed by atoms with Crippen molar-refractivity contribution < 1.29 is 14.3 Å². The molecule has 0 aromatic heterocycles. The van der Waals surface area contributed by atoms with Crippen LogP contribution in [0.1, 0.15) is 37.8 Å². The van der Waals surface area contributed by atoms with Crippen LogP contribution in [0.15, 0.2) is 29.3 Å². The number of rotatable bonds is 9. The first-order valence-electron chi connectivity index (χ1n) is 9.65. The Morgan fingerprint density at radius 2 is 1.96 bits per heavy atom. The van der Waals surface area contributed by atoms with Crippen LogP contribution < -0.4 is 15.4 Å². The molecule has 1 aliphatic rings. The van der Waals surface area contributed by atoms with E-state index in [0.717, 1.165) is 30.9 Å². The summed E-state index contributed by atoms with van der Waals surface area (Å²) in [6.45, 7) is 6.04. The number of likely N-dealkylation sites (tertiary alicyclic amines) is 1. The molecule has 0 radical (unpaired) electrons. The summed E-state index contributed by atoms with van der Waals surface area (Å²) in [6.07, 6.45) is 2.74. The largest absolute Gasteiger partial charge is 0.496 e. The minimum Gasteiger partial charge on any atom is -0.496 e. The molecular formula is C20H32N4O3. The summed E-state index contributed by atoms with van der Waals surface area (Å²) in [6, 6.07) is 8.33. The van der Waals surface area contributed by atoms with Gasteiger partial charge in [0.25, 0.3) is 0 Å². The number of esters is 1. The third-order valence-corrected chi connectivity index (χ3v) is 4.70. The van der Waals surface area contributed by atoms with E-state index >= 15 is 0 Å². The maximum Gasteiger partial charge on any atom is 0.307 e. The lowest BCUT2D eigenvalue weighted by molar-refractivity contribution is -0.140. The predicted molar refractivity (Wildman–Crippen MR) is 107 cm³/mol. The number of nitrogens with one attached hydrogen (secondary N) is 2. The summed E-state index contributed by atoms with van der Waals surface area (Å²) in [7, 11) is 3.11. The number of ether oxygens (including phenoxy) is 2. The lowest BCUT2D eigenvalue weighted by atomic mass is 10.0. The van der Waals surface area contributed by atoms with Gasteiger partial charge in [0.2, 0.25) is 0 Å². The van der Waals surface area contributed by atoms with Gasteiger partial charge in [-0.05, 0) is 38.9 Å². The molecule has 7 nitrogen and oxygen atoms in total. The molecule has 0 spiro atoms. The molecule has 2 N–H and O–H groups in total. The highest BCUT2D eigenvalue weighted by atomic mass is 16.5. The normalized spacial score (nSPS) is 16.0. The van der Waals surface area contributed by atoms with Crippen LogP contribution in [0.25, 0.3) is 0 Å². The molecule has 2 rings (SSSR count). The summed E-state index contributed by atoms with van der Waals surface area (Å²) in [5.41, 5.74) is 1.16. The van der Waals surface area contributed by atoms with Crippen LogP contribution >= 0.6 is 0 Å². The van der Waals surface area contributed by atoms with Crippen molar-refractivity contribution in [2.75, 3.05) is 46.9 Å². The molecule has 1 unspecified atom stereocenters. The third-order valence-electron chi connectivity index (χ3n) is 4.70. The Bertz CT molecular complexity index is 615. The summed E-state index contributed by atoms with van der Waals surface area (Å²) in [4.78, 5) is 18.6. The van der Waals surface area contributed by atoms with Crippen molar-refractivity contribution in [1.82, 2.24) is 15.5 Å². The number of carbonyl (C=O) groups excluding carboxylic acids is 1. The first-order valence-corrected chi connectivity index (χ1v) is 9.65. The van der Waals surface area contributed by atoms with Crippen molar-refractivity contribution in [2.24, 2.45) is 4.99 Å². The number of hydrogen-bond donors (Lipinski definition) is 2. The van der Waals surface area contributed by atoms with Crippen LogP contribution in [-0.4, -0.2) is 63.8 Å². The van der Waals surface area contributed by atoms with Crippen LogP contribution in [0, 0.1) is 0 Å². The molecule has 150 valence electrons. The van der Waals surface area contributed by atoms with E-state index in [4.69, 9.17) is 9.73 Å². The summed E-state index contributed by atoms with van der Waals surface area (Å²) < 4.78 is 10.3. The molecule has 27 heavy (non-hydrogen) atoms. The standard InChI is InChI=1S/C20H32N4O3/c1-4-21-20(22-12-11-19(25)27-3)23-15-17(24-13-7-8-14-24)16-9-5-6-10-18(16)26-2/h5-6,9-10,17H,4,7-8,11-15H2,1-3H3,(H2,21,22,23). The maximum atomic E-state index is 11.3. The quantitative estimate of drug-likeness (QED) is 0.390. The fourth-order valence-corrected chi connectivity index (χ4v) is 3.31. The van der Waals surface area contributed by atoms with Crippen molar-refractivity contribution in [3.8, 4) is 5.75 Å².